The Hall–Kier alpha value is -5.57. The second-order valence-electron chi connectivity index (χ2n) is 8.42. The van der Waals surface area contributed by atoms with Gasteiger partial charge in [0.25, 0.3) is 0 Å². The van der Waals surface area contributed by atoms with Crippen LogP contribution in [0.15, 0.2) is 79.1 Å². The van der Waals surface area contributed by atoms with Crippen molar-refractivity contribution >= 4 is 66.9 Å². The standard InChI is InChI=1S/C24H13NO7.C5H5N/c25-21(26)18-16-12-6-2-4-9-3-1-5-10(14(9)12)11-7-8-13(22(27)28)17(15(11)16)19(23(29)30)20(18)24(31)32;1-2-4-6-5-3-1/h1-8H,(H2,25,26)(H,27,28)(H,29,30)(H,31,32);1-5H. The van der Waals surface area contributed by atoms with E-state index in [-0.39, 0.29) is 21.7 Å². The van der Waals surface area contributed by atoms with E-state index < -0.39 is 40.5 Å². The van der Waals surface area contributed by atoms with E-state index in [1.165, 1.54) is 12.1 Å². The number of fused-ring (bicyclic) bond motifs is 2. The highest BCUT2D eigenvalue weighted by atomic mass is 16.4. The van der Waals surface area contributed by atoms with Crippen molar-refractivity contribution < 1.29 is 34.5 Å². The van der Waals surface area contributed by atoms with Crippen LogP contribution >= 0.6 is 0 Å². The lowest BCUT2D eigenvalue weighted by Gasteiger charge is -2.20. The third-order valence-electron chi connectivity index (χ3n) is 6.39. The number of carbonyl (C=O) groups excluding carboxylic acids is 1. The van der Waals surface area contributed by atoms with Gasteiger partial charge in [-0.15, -0.1) is 0 Å². The molecule has 9 nitrogen and oxygen atoms in total. The molecule has 5 N–H and O–H groups in total. The first-order chi connectivity index (χ1) is 18.2. The van der Waals surface area contributed by atoms with Crippen molar-refractivity contribution in [1.29, 1.82) is 0 Å². The van der Waals surface area contributed by atoms with Gasteiger partial charge in [-0.05, 0) is 50.5 Å². The molecule has 186 valence electrons. The van der Waals surface area contributed by atoms with Crippen molar-refractivity contribution in [3.8, 4) is 0 Å². The zero-order chi connectivity index (χ0) is 27.1. The summed E-state index contributed by atoms with van der Waals surface area (Å²) < 4.78 is 0. The highest BCUT2D eigenvalue weighted by Gasteiger charge is 2.33. The van der Waals surface area contributed by atoms with Crippen LogP contribution in [0.25, 0.3) is 43.1 Å². The molecule has 0 aliphatic heterocycles. The van der Waals surface area contributed by atoms with Crippen LogP contribution < -0.4 is 5.73 Å². The molecule has 1 heterocycles. The number of carboxylic acid groups (broad SMARTS) is 3. The van der Waals surface area contributed by atoms with E-state index in [2.05, 4.69) is 4.98 Å². The second kappa shape index (κ2) is 9.14. The quantitative estimate of drug-likeness (QED) is 0.191. The van der Waals surface area contributed by atoms with Gasteiger partial charge in [-0.3, -0.25) is 9.78 Å². The Morgan fingerprint density at radius 1 is 0.553 bits per heavy atom. The fraction of sp³-hybridized carbons (Fsp3) is 0. The van der Waals surface area contributed by atoms with E-state index >= 15 is 0 Å². The van der Waals surface area contributed by atoms with Crippen LogP contribution in [0.2, 0.25) is 0 Å². The summed E-state index contributed by atoms with van der Waals surface area (Å²) in [5, 5.41) is 32.9. The molecule has 0 aliphatic rings. The van der Waals surface area contributed by atoms with Gasteiger partial charge in [0.15, 0.2) is 0 Å². The average molecular weight is 506 g/mol. The Balaban J connectivity index is 0.000000433. The first kappa shape index (κ1) is 24.1. The van der Waals surface area contributed by atoms with Crippen molar-refractivity contribution in [2.75, 3.05) is 0 Å². The number of aromatic nitrogens is 1. The number of hydrogen-bond donors (Lipinski definition) is 4. The van der Waals surface area contributed by atoms with Gasteiger partial charge >= 0.3 is 17.9 Å². The van der Waals surface area contributed by atoms with Crippen LogP contribution in [0.3, 0.4) is 0 Å². The monoisotopic (exact) mass is 506 g/mol. The zero-order valence-electron chi connectivity index (χ0n) is 19.5. The fourth-order valence-corrected chi connectivity index (χ4v) is 5.05. The van der Waals surface area contributed by atoms with E-state index in [0.29, 0.717) is 16.2 Å². The number of rotatable bonds is 4. The molecule has 0 atom stereocenters. The number of benzene rings is 5. The molecule has 0 saturated heterocycles. The van der Waals surface area contributed by atoms with Gasteiger partial charge in [0.1, 0.15) is 0 Å². The predicted molar refractivity (Wildman–Crippen MR) is 141 cm³/mol. The van der Waals surface area contributed by atoms with Crippen molar-refractivity contribution in [1.82, 2.24) is 4.98 Å². The maximum absolute atomic E-state index is 12.6. The molecular formula is C29H18N2O7. The Morgan fingerprint density at radius 3 is 1.66 bits per heavy atom. The van der Waals surface area contributed by atoms with E-state index in [9.17, 15) is 34.5 Å². The molecular weight excluding hydrogens is 488 g/mol. The van der Waals surface area contributed by atoms with Crippen LogP contribution in [-0.2, 0) is 0 Å². The minimum absolute atomic E-state index is 0.122. The molecule has 38 heavy (non-hydrogen) atoms. The summed E-state index contributed by atoms with van der Waals surface area (Å²) >= 11 is 0. The topological polar surface area (TPSA) is 168 Å². The van der Waals surface area contributed by atoms with Crippen LogP contribution in [0, 0.1) is 0 Å². The number of aromatic carboxylic acids is 3. The van der Waals surface area contributed by atoms with Gasteiger partial charge in [-0.2, -0.15) is 0 Å². The number of carboxylic acids is 3. The molecule has 5 aromatic carbocycles. The van der Waals surface area contributed by atoms with Gasteiger partial charge in [0.2, 0.25) is 5.91 Å². The number of nitrogens with zero attached hydrogens (tertiary/aromatic N) is 1. The predicted octanol–water partition coefficient (Wildman–Crippen LogP) is 5.01. The highest BCUT2D eigenvalue weighted by molar-refractivity contribution is 6.40. The average Bonchev–Trinajstić information content (AvgIpc) is 2.91. The number of pyridine rings is 1. The number of hydrogen-bond acceptors (Lipinski definition) is 5. The van der Waals surface area contributed by atoms with Gasteiger partial charge in [-0.25, -0.2) is 14.4 Å². The van der Waals surface area contributed by atoms with E-state index in [1.807, 2.05) is 36.4 Å². The van der Waals surface area contributed by atoms with E-state index in [1.54, 1.807) is 30.6 Å². The SMILES string of the molecule is NC(=O)c1c(C(=O)O)c(C(=O)O)c2c(C(=O)O)ccc3c4cccc5cccc(c1c23)c54.c1ccncc1. The second-order valence-corrected chi connectivity index (χ2v) is 8.42. The summed E-state index contributed by atoms with van der Waals surface area (Å²) in [5.74, 6) is -5.91. The molecule has 0 aliphatic carbocycles. The normalized spacial score (nSPS) is 10.9. The lowest BCUT2D eigenvalue weighted by Crippen LogP contribution is -2.22. The van der Waals surface area contributed by atoms with Crippen LogP contribution in [-0.4, -0.2) is 44.1 Å². The number of amides is 1. The zero-order valence-corrected chi connectivity index (χ0v) is 19.5. The smallest absolute Gasteiger partial charge is 0.337 e. The maximum Gasteiger partial charge on any atom is 0.337 e. The summed E-state index contributed by atoms with van der Waals surface area (Å²) in [6, 6.07) is 19.2. The lowest BCUT2D eigenvalue weighted by atomic mass is 9.81. The molecule has 0 radical (unpaired) electrons. The van der Waals surface area contributed by atoms with Crippen molar-refractivity contribution in [2.45, 2.75) is 0 Å². The van der Waals surface area contributed by atoms with Crippen LogP contribution in [0.4, 0.5) is 0 Å². The summed E-state index contributed by atoms with van der Waals surface area (Å²) in [6.07, 6.45) is 3.50. The number of nitrogens with two attached hydrogens (primary N) is 1. The molecule has 0 fully saturated rings. The molecule has 9 heteroatoms. The molecule has 0 spiro atoms. The third kappa shape index (κ3) is 3.61. The van der Waals surface area contributed by atoms with Gasteiger partial charge < -0.3 is 21.1 Å². The van der Waals surface area contributed by atoms with Crippen molar-refractivity contribution in [2.24, 2.45) is 5.73 Å². The largest absolute Gasteiger partial charge is 0.478 e. The summed E-state index contributed by atoms with van der Waals surface area (Å²) in [4.78, 5) is 52.8. The molecule has 1 amide bonds. The lowest BCUT2D eigenvalue weighted by molar-refractivity contribution is 0.0650. The Labute approximate surface area is 213 Å². The Bertz CT molecular complexity index is 1900. The van der Waals surface area contributed by atoms with E-state index in [4.69, 9.17) is 5.73 Å². The Kier molecular flexibility index (Phi) is 5.81. The van der Waals surface area contributed by atoms with Crippen molar-refractivity contribution in [3.05, 3.63) is 101 Å². The summed E-state index contributed by atoms with van der Waals surface area (Å²) in [7, 11) is 0. The van der Waals surface area contributed by atoms with Crippen LogP contribution in [0.1, 0.15) is 41.4 Å². The van der Waals surface area contributed by atoms with Crippen molar-refractivity contribution in [3.63, 3.8) is 0 Å². The molecule has 0 bridgehead atoms. The first-order valence-electron chi connectivity index (χ1n) is 11.3. The minimum Gasteiger partial charge on any atom is -0.478 e. The number of carbonyl (C=O) groups is 4. The number of primary amides is 1. The fourth-order valence-electron chi connectivity index (χ4n) is 5.05. The molecule has 6 aromatic rings. The molecule has 1 aromatic heterocycles. The van der Waals surface area contributed by atoms with Gasteiger partial charge in [0.05, 0.1) is 22.3 Å². The van der Waals surface area contributed by atoms with Crippen LogP contribution in [0.5, 0.6) is 0 Å². The minimum atomic E-state index is -1.69. The van der Waals surface area contributed by atoms with Gasteiger partial charge in [0, 0.05) is 23.2 Å². The molecule has 6 rings (SSSR count). The first-order valence-corrected chi connectivity index (χ1v) is 11.3. The molecule has 0 unspecified atom stereocenters. The third-order valence-corrected chi connectivity index (χ3v) is 6.39. The maximum atomic E-state index is 12.6. The van der Waals surface area contributed by atoms with Gasteiger partial charge in [-0.1, -0.05) is 48.5 Å². The Morgan fingerprint density at radius 2 is 1.16 bits per heavy atom. The summed E-state index contributed by atoms with van der Waals surface area (Å²) in [6.45, 7) is 0. The molecule has 0 saturated carbocycles. The summed E-state index contributed by atoms with van der Waals surface area (Å²) in [5.41, 5.74) is 3.14. The van der Waals surface area contributed by atoms with E-state index in [0.717, 1.165) is 10.8 Å². The highest BCUT2D eigenvalue weighted by Crippen LogP contribution is 2.45.